The van der Waals surface area contributed by atoms with Gasteiger partial charge in [0.05, 0.1) is 18.8 Å². The van der Waals surface area contributed by atoms with E-state index in [0.717, 1.165) is 5.56 Å². The minimum absolute atomic E-state index is 0.184. The highest BCUT2D eigenvalue weighted by Gasteiger charge is 2.14. The lowest BCUT2D eigenvalue weighted by molar-refractivity contribution is 0.101. The summed E-state index contributed by atoms with van der Waals surface area (Å²) in [7, 11) is 0. The van der Waals surface area contributed by atoms with Gasteiger partial charge in [0, 0.05) is 5.56 Å². The first-order valence-electron chi connectivity index (χ1n) is 4.86. The molecule has 3 heteroatoms. The van der Waals surface area contributed by atoms with Crippen molar-refractivity contribution in [3.05, 3.63) is 59.5 Å². The van der Waals surface area contributed by atoms with Crippen LogP contribution in [0, 0.1) is 11.3 Å². The normalized spacial score (nSPS) is 9.69. The van der Waals surface area contributed by atoms with Crippen LogP contribution in [-0.4, -0.2) is 5.78 Å². The number of hydrogen-bond acceptors (Lipinski definition) is 3. The Morgan fingerprint density at radius 1 is 1.25 bits per heavy atom. The predicted molar refractivity (Wildman–Crippen MR) is 57.9 cm³/mol. The van der Waals surface area contributed by atoms with Crippen molar-refractivity contribution in [3.8, 4) is 6.07 Å². The summed E-state index contributed by atoms with van der Waals surface area (Å²) in [5, 5.41) is 8.67. The Labute approximate surface area is 92.9 Å². The maximum absolute atomic E-state index is 12.0. The van der Waals surface area contributed by atoms with Gasteiger partial charge in [-0.25, -0.2) is 0 Å². The molecule has 78 valence electrons. The van der Waals surface area contributed by atoms with Crippen LogP contribution in [-0.2, 0) is 6.42 Å². The molecule has 3 nitrogen and oxygen atoms in total. The third-order valence-corrected chi connectivity index (χ3v) is 2.28. The molecular weight excluding hydrogens is 202 g/mol. The minimum atomic E-state index is -0.184. The summed E-state index contributed by atoms with van der Waals surface area (Å²) >= 11 is 0. The van der Waals surface area contributed by atoms with Crippen LogP contribution in [0.1, 0.15) is 21.7 Å². The first-order valence-corrected chi connectivity index (χ1v) is 4.86. The van der Waals surface area contributed by atoms with Crippen molar-refractivity contribution in [1.82, 2.24) is 0 Å². The molecule has 0 N–H and O–H groups in total. The van der Waals surface area contributed by atoms with E-state index < -0.39 is 0 Å². The maximum Gasteiger partial charge on any atom is 0.228 e. The Kier molecular flexibility index (Phi) is 2.84. The summed E-state index contributed by atoms with van der Waals surface area (Å²) in [5.74, 6) is 0.112. The molecule has 0 spiro atoms. The van der Waals surface area contributed by atoms with E-state index >= 15 is 0 Å². The van der Waals surface area contributed by atoms with Crippen LogP contribution in [0.15, 0.2) is 47.1 Å². The Bertz CT molecular complexity index is 535. The summed E-state index contributed by atoms with van der Waals surface area (Å²) in [5.41, 5.74) is 1.26. The lowest BCUT2D eigenvalue weighted by Gasteiger charge is -2.03. The van der Waals surface area contributed by atoms with Gasteiger partial charge in [-0.1, -0.05) is 24.3 Å². The quantitative estimate of drug-likeness (QED) is 0.733. The average Bonchev–Trinajstić information content (AvgIpc) is 2.83. The zero-order valence-electron chi connectivity index (χ0n) is 8.51. The largest absolute Gasteiger partial charge is 0.461 e. The van der Waals surface area contributed by atoms with Gasteiger partial charge in [0.15, 0.2) is 5.76 Å². The molecular formula is C13H9NO2. The number of hydrogen-bond donors (Lipinski definition) is 0. The van der Waals surface area contributed by atoms with E-state index in [1.54, 1.807) is 30.3 Å². The molecule has 2 aromatic rings. The molecule has 0 aliphatic rings. The Hall–Kier alpha value is -2.34. The summed E-state index contributed by atoms with van der Waals surface area (Å²) in [6, 6.07) is 12.4. The second-order valence-corrected chi connectivity index (χ2v) is 3.30. The van der Waals surface area contributed by atoms with Crippen molar-refractivity contribution >= 4 is 5.78 Å². The smallest absolute Gasteiger partial charge is 0.228 e. The van der Waals surface area contributed by atoms with Gasteiger partial charge in [0.2, 0.25) is 5.78 Å². The standard InChI is InChI=1S/C13H9NO2/c14-8-7-10-4-1-2-5-11(10)13(15)12-6-3-9-16-12/h1-6,9H,7H2. The SMILES string of the molecule is N#CCc1ccccc1C(=O)c1ccco1. The maximum atomic E-state index is 12.0. The van der Waals surface area contributed by atoms with Crippen molar-refractivity contribution < 1.29 is 9.21 Å². The number of carbonyl (C=O) groups excluding carboxylic acids is 1. The molecule has 0 unspecified atom stereocenters. The molecule has 0 saturated carbocycles. The topological polar surface area (TPSA) is 54.0 Å². The molecule has 0 aliphatic heterocycles. The second-order valence-electron chi connectivity index (χ2n) is 3.30. The number of benzene rings is 1. The highest BCUT2D eigenvalue weighted by Crippen LogP contribution is 2.15. The Morgan fingerprint density at radius 3 is 2.75 bits per heavy atom. The monoisotopic (exact) mass is 211 g/mol. The molecule has 1 aromatic heterocycles. The summed E-state index contributed by atoms with van der Waals surface area (Å²) in [4.78, 5) is 12.0. The zero-order chi connectivity index (χ0) is 11.4. The van der Waals surface area contributed by atoms with Crippen molar-refractivity contribution in [1.29, 1.82) is 5.26 Å². The van der Waals surface area contributed by atoms with Gasteiger partial charge in [-0.2, -0.15) is 5.26 Å². The number of nitrogens with zero attached hydrogens (tertiary/aromatic N) is 1. The van der Waals surface area contributed by atoms with Crippen molar-refractivity contribution in [2.45, 2.75) is 6.42 Å². The van der Waals surface area contributed by atoms with Crippen LogP contribution < -0.4 is 0 Å². The molecule has 0 aliphatic carbocycles. The molecule has 1 heterocycles. The second kappa shape index (κ2) is 4.45. The Balaban J connectivity index is 2.41. The van der Waals surface area contributed by atoms with Crippen LogP contribution in [0.3, 0.4) is 0 Å². The van der Waals surface area contributed by atoms with Gasteiger partial charge in [-0.15, -0.1) is 0 Å². The number of carbonyl (C=O) groups is 1. The van der Waals surface area contributed by atoms with Crippen LogP contribution in [0.25, 0.3) is 0 Å². The molecule has 0 fully saturated rings. The van der Waals surface area contributed by atoms with Gasteiger partial charge < -0.3 is 4.42 Å². The van der Waals surface area contributed by atoms with E-state index in [0.29, 0.717) is 11.3 Å². The van der Waals surface area contributed by atoms with E-state index in [1.165, 1.54) is 6.26 Å². The van der Waals surface area contributed by atoms with Gasteiger partial charge in [-0.3, -0.25) is 4.79 Å². The number of ketones is 1. The summed E-state index contributed by atoms with van der Waals surface area (Å²) in [6.45, 7) is 0. The van der Waals surface area contributed by atoms with Crippen molar-refractivity contribution in [2.75, 3.05) is 0 Å². The number of nitriles is 1. The lowest BCUT2D eigenvalue weighted by atomic mass is 10.0. The average molecular weight is 211 g/mol. The van der Waals surface area contributed by atoms with E-state index in [-0.39, 0.29) is 12.2 Å². The fourth-order valence-corrected chi connectivity index (χ4v) is 1.52. The van der Waals surface area contributed by atoms with Crippen LogP contribution >= 0.6 is 0 Å². The molecule has 1 aromatic carbocycles. The molecule has 0 radical (unpaired) electrons. The molecule has 16 heavy (non-hydrogen) atoms. The lowest BCUT2D eigenvalue weighted by Crippen LogP contribution is -2.03. The number of rotatable bonds is 3. The van der Waals surface area contributed by atoms with Gasteiger partial charge in [0.25, 0.3) is 0 Å². The number of furan rings is 1. The summed E-state index contributed by atoms with van der Waals surface area (Å²) < 4.78 is 5.05. The predicted octanol–water partition coefficient (Wildman–Crippen LogP) is 2.58. The molecule has 0 amide bonds. The highest BCUT2D eigenvalue weighted by molar-refractivity contribution is 6.08. The van der Waals surface area contributed by atoms with Gasteiger partial charge in [-0.05, 0) is 17.7 Å². The van der Waals surface area contributed by atoms with Crippen molar-refractivity contribution in [2.24, 2.45) is 0 Å². The molecule has 0 bridgehead atoms. The highest BCUT2D eigenvalue weighted by atomic mass is 16.3. The third kappa shape index (κ3) is 1.86. The van der Waals surface area contributed by atoms with Gasteiger partial charge >= 0.3 is 0 Å². The zero-order valence-corrected chi connectivity index (χ0v) is 8.51. The van der Waals surface area contributed by atoms with E-state index in [2.05, 4.69) is 0 Å². The van der Waals surface area contributed by atoms with Crippen LogP contribution in [0.5, 0.6) is 0 Å². The van der Waals surface area contributed by atoms with E-state index in [9.17, 15) is 4.79 Å². The third-order valence-electron chi connectivity index (χ3n) is 2.28. The van der Waals surface area contributed by atoms with Crippen molar-refractivity contribution in [3.63, 3.8) is 0 Å². The molecule has 0 atom stereocenters. The Morgan fingerprint density at radius 2 is 2.06 bits per heavy atom. The van der Waals surface area contributed by atoms with Crippen LogP contribution in [0.4, 0.5) is 0 Å². The molecule has 2 rings (SSSR count). The molecule has 0 saturated heterocycles. The first kappa shape index (κ1) is 10.2. The van der Waals surface area contributed by atoms with E-state index in [1.807, 2.05) is 12.1 Å². The minimum Gasteiger partial charge on any atom is -0.461 e. The summed E-state index contributed by atoms with van der Waals surface area (Å²) in [6.07, 6.45) is 1.68. The van der Waals surface area contributed by atoms with Crippen LogP contribution in [0.2, 0.25) is 0 Å². The van der Waals surface area contributed by atoms with E-state index in [4.69, 9.17) is 9.68 Å². The fraction of sp³-hybridized carbons (Fsp3) is 0.0769. The first-order chi connectivity index (χ1) is 7.83. The fourth-order valence-electron chi connectivity index (χ4n) is 1.52. The van der Waals surface area contributed by atoms with Gasteiger partial charge in [0.1, 0.15) is 0 Å².